The van der Waals surface area contributed by atoms with E-state index >= 15 is 0 Å². The monoisotopic (exact) mass is 388 g/mol. The molecule has 28 heavy (non-hydrogen) atoms. The Morgan fingerprint density at radius 2 is 2.25 bits per heavy atom. The summed E-state index contributed by atoms with van der Waals surface area (Å²) in [6.07, 6.45) is 2.34. The van der Waals surface area contributed by atoms with Gasteiger partial charge >= 0.3 is 6.03 Å². The van der Waals surface area contributed by atoms with Crippen LogP contribution in [0.4, 0.5) is 4.79 Å². The molecule has 6 heteroatoms. The maximum atomic E-state index is 12.9. The van der Waals surface area contributed by atoms with Gasteiger partial charge in [0.15, 0.2) is 11.5 Å². The van der Waals surface area contributed by atoms with Gasteiger partial charge in [0.05, 0.1) is 18.6 Å². The summed E-state index contributed by atoms with van der Waals surface area (Å²) in [5.74, 6) is 1.38. The predicted molar refractivity (Wildman–Crippen MR) is 109 cm³/mol. The number of hydrogen-bond acceptors (Lipinski definition) is 4. The van der Waals surface area contributed by atoms with Crippen LogP contribution in [0.25, 0.3) is 0 Å². The largest absolute Gasteiger partial charge is 0.493 e. The molecule has 0 unspecified atom stereocenters. The van der Waals surface area contributed by atoms with Crippen molar-refractivity contribution in [3.05, 3.63) is 35.9 Å². The van der Waals surface area contributed by atoms with Crippen LogP contribution in [0.2, 0.25) is 0 Å². The number of aliphatic hydroxyl groups is 1. The molecule has 2 aliphatic rings. The van der Waals surface area contributed by atoms with Crippen molar-refractivity contribution >= 4 is 6.03 Å². The zero-order valence-electron chi connectivity index (χ0n) is 17.5. The van der Waals surface area contributed by atoms with Crippen LogP contribution < -0.4 is 14.8 Å². The van der Waals surface area contributed by atoms with E-state index in [-0.39, 0.29) is 17.7 Å². The Morgan fingerprint density at radius 1 is 1.54 bits per heavy atom. The third-order valence-electron chi connectivity index (χ3n) is 5.57. The number of rotatable bonds is 4. The highest BCUT2D eigenvalue weighted by Gasteiger charge is 2.51. The quantitative estimate of drug-likeness (QED) is 0.776. The van der Waals surface area contributed by atoms with E-state index in [9.17, 15) is 9.90 Å². The molecule has 6 nitrogen and oxygen atoms in total. The maximum absolute atomic E-state index is 12.9. The van der Waals surface area contributed by atoms with Crippen LogP contribution in [0.5, 0.6) is 11.5 Å². The molecule has 154 valence electrons. The molecule has 0 radical (unpaired) electrons. The van der Waals surface area contributed by atoms with Crippen LogP contribution in [0.1, 0.15) is 51.7 Å². The number of ether oxygens (including phenoxy) is 2. The molecule has 3 rings (SSSR count). The molecular formula is C22H32N2O4. The summed E-state index contributed by atoms with van der Waals surface area (Å²) in [4.78, 5) is 14.7. The molecule has 0 aromatic heterocycles. The number of nitrogens with one attached hydrogen (secondary N) is 1. The Kier molecular flexibility index (Phi) is 5.36. The van der Waals surface area contributed by atoms with Gasteiger partial charge < -0.3 is 24.8 Å². The van der Waals surface area contributed by atoms with Gasteiger partial charge in [0.1, 0.15) is 6.10 Å². The lowest BCUT2D eigenvalue weighted by Gasteiger charge is -2.32. The fourth-order valence-corrected chi connectivity index (χ4v) is 4.30. The van der Waals surface area contributed by atoms with Crippen molar-refractivity contribution in [3.8, 4) is 11.5 Å². The Bertz CT molecular complexity index is 769. The predicted octanol–water partition coefficient (Wildman–Crippen LogP) is 3.36. The van der Waals surface area contributed by atoms with E-state index in [1.54, 1.807) is 14.0 Å². The highest BCUT2D eigenvalue weighted by Crippen LogP contribution is 2.54. The molecule has 0 fully saturated rings. The molecule has 2 aliphatic heterocycles. The van der Waals surface area contributed by atoms with Crippen LogP contribution in [0.3, 0.4) is 0 Å². The normalized spacial score (nSPS) is 24.6. The molecule has 2 N–H and O–H groups in total. The van der Waals surface area contributed by atoms with Crippen molar-refractivity contribution in [1.82, 2.24) is 10.2 Å². The van der Waals surface area contributed by atoms with Crippen molar-refractivity contribution in [3.63, 3.8) is 0 Å². The van der Waals surface area contributed by atoms with Gasteiger partial charge in [-0.15, -0.1) is 6.58 Å². The number of carbonyl (C=O) groups excluding carboxylic acids is 1. The number of nitrogens with zero attached hydrogens (tertiary/aromatic N) is 1. The van der Waals surface area contributed by atoms with Gasteiger partial charge in [0.2, 0.25) is 0 Å². The van der Waals surface area contributed by atoms with E-state index < -0.39 is 11.5 Å². The Hall–Kier alpha value is -2.21. The average molecular weight is 389 g/mol. The van der Waals surface area contributed by atoms with E-state index in [1.165, 1.54) is 0 Å². The van der Waals surface area contributed by atoms with Gasteiger partial charge in [0.25, 0.3) is 0 Å². The van der Waals surface area contributed by atoms with Gasteiger partial charge in [-0.05, 0) is 45.7 Å². The SMILES string of the molecule is C=C[C@@]12CCN(C(=O)NC(C)(C)C)Cc3ccc(OC)c(c31)O[C@H]2C[C@H](C)O. The summed E-state index contributed by atoms with van der Waals surface area (Å²) in [7, 11) is 1.62. The van der Waals surface area contributed by atoms with Gasteiger partial charge in [-0.25, -0.2) is 4.79 Å². The average Bonchev–Trinajstić information content (AvgIpc) is 2.79. The first-order valence-electron chi connectivity index (χ1n) is 9.87. The molecule has 3 atom stereocenters. The lowest BCUT2D eigenvalue weighted by Crippen LogP contribution is -2.48. The standard InChI is InChI=1S/C22H32N2O4/c1-7-22-10-11-24(20(26)23-21(3,4)5)13-15-8-9-16(27-6)19(18(15)22)28-17(22)12-14(2)25/h7-9,14,17,25H,1,10-13H2,2-6H3,(H,23,26)/t14-,17-,22-/m0/s1. The van der Waals surface area contributed by atoms with Gasteiger partial charge in [0, 0.05) is 30.6 Å². The smallest absolute Gasteiger partial charge is 0.318 e. The van der Waals surface area contributed by atoms with Crippen LogP contribution >= 0.6 is 0 Å². The zero-order chi connectivity index (χ0) is 20.7. The second-order valence-corrected chi connectivity index (χ2v) is 8.92. The third-order valence-corrected chi connectivity index (χ3v) is 5.57. The molecule has 2 heterocycles. The van der Waals surface area contributed by atoms with Gasteiger partial charge in [-0.3, -0.25) is 0 Å². The molecule has 0 aliphatic carbocycles. The Balaban J connectivity index is 2.06. The number of aliphatic hydroxyl groups excluding tert-OH is 1. The first-order chi connectivity index (χ1) is 13.1. The van der Waals surface area contributed by atoms with Gasteiger partial charge in [-0.1, -0.05) is 12.1 Å². The molecule has 1 aromatic rings. The van der Waals surface area contributed by atoms with Crippen molar-refractivity contribution in [1.29, 1.82) is 0 Å². The van der Waals surface area contributed by atoms with E-state index in [1.807, 2.05) is 43.9 Å². The van der Waals surface area contributed by atoms with Crippen LogP contribution in [-0.4, -0.2) is 47.4 Å². The van der Waals surface area contributed by atoms with Crippen molar-refractivity contribution in [2.45, 2.75) is 70.2 Å². The lowest BCUT2D eigenvalue weighted by atomic mass is 9.72. The first-order valence-corrected chi connectivity index (χ1v) is 9.87. The minimum atomic E-state index is -0.505. The summed E-state index contributed by atoms with van der Waals surface area (Å²) in [6, 6.07) is 3.81. The highest BCUT2D eigenvalue weighted by atomic mass is 16.5. The highest BCUT2D eigenvalue weighted by molar-refractivity contribution is 5.75. The maximum Gasteiger partial charge on any atom is 0.318 e. The van der Waals surface area contributed by atoms with E-state index in [0.717, 1.165) is 11.1 Å². The van der Waals surface area contributed by atoms with Crippen LogP contribution in [0.15, 0.2) is 24.8 Å². The second-order valence-electron chi connectivity index (χ2n) is 8.92. The Labute approximate surface area is 167 Å². The summed E-state index contributed by atoms with van der Waals surface area (Å²) in [6.45, 7) is 12.9. The minimum absolute atomic E-state index is 0.0794. The van der Waals surface area contributed by atoms with Crippen molar-refractivity contribution in [2.75, 3.05) is 13.7 Å². The van der Waals surface area contributed by atoms with Gasteiger partial charge in [-0.2, -0.15) is 0 Å². The van der Waals surface area contributed by atoms with Crippen LogP contribution in [-0.2, 0) is 12.0 Å². The zero-order valence-corrected chi connectivity index (χ0v) is 17.5. The number of benzene rings is 1. The molecular weight excluding hydrogens is 356 g/mol. The van der Waals surface area contributed by atoms with Crippen molar-refractivity contribution < 1.29 is 19.4 Å². The molecule has 0 saturated carbocycles. The number of methoxy groups -OCH3 is 1. The molecule has 1 aromatic carbocycles. The van der Waals surface area contributed by atoms with E-state index in [4.69, 9.17) is 9.47 Å². The van der Waals surface area contributed by atoms with Crippen molar-refractivity contribution in [2.24, 2.45) is 0 Å². The fraction of sp³-hybridized carbons (Fsp3) is 0.591. The third kappa shape index (κ3) is 3.58. The topological polar surface area (TPSA) is 71.0 Å². The van der Waals surface area contributed by atoms with E-state index in [2.05, 4.69) is 11.9 Å². The number of urea groups is 1. The minimum Gasteiger partial charge on any atom is -0.493 e. The summed E-state index contributed by atoms with van der Waals surface area (Å²) in [5, 5.41) is 13.1. The summed E-state index contributed by atoms with van der Waals surface area (Å²) >= 11 is 0. The molecule has 2 amide bonds. The van der Waals surface area contributed by atoms with Crippen LogP contribution in [0, 0.1) is 0 Å². The molecule has 0 spiro atoms. The molecule has 0 bridgehead atoms. The Morgan fingerprint density at radius 3 is 2.82 bits per heavy atom. The first kappa shape index (κ1) is 20.5. The summed E-state index contributed by atoms with van der Waals surface area (Å²) < 4.78 is 11.9. The lowest BCUT2D eigenvalue weighted by molar-refractivity contribution is 0.0818. The molecule has 0 saturated heterocycles. The summed E-state index contributed by atoms with van der Waals surface area (Å²) in [5.41, 5.74) is 1.30. The number of amides is 2. The number of hydrogen-bond donors (Lipinski definition) is 2. The van der Waals surface area contributed by atoms with E-state index in [0.29, 0.717) is 37.4 Å². The second kappa shape index (κ2) is 7.32. The number of carbonyl (C=O) groups is 1. The fourth-order valence-electron chi connectivity index (χ4n) is 4.30.